The van der Waals surface area contributed by atoms with E-state index in [-0.39, 0.29) is 16.5 Å². The molecule has 0 saturated carbocycles. The number of aromatic nitrogens is 2. The Morgan fingerprint density at radius 1 is 1.24 bits per heavy atom. The number of nitrogens with one attached hydrogen (secondary N) is 1. The number of benzene rings is 1. The average molecular weight is 308 g/mol. The lowest BCUT2D eigenvalue weighted by atomic mass is 10.1. The normalized spacial score (nSPS) is 11.8. The third kappa shape index (κ3) is 3.13. The number of imidazole rings is 1. The van der Waals surface area contributed by atoms with Crippen LogP contribution in [0.5, 0.6) is 0 Å². The number of hydrogen-bond donors (Lipinski definition) is 2. The molecule has 0 aliphatic carbocycles. The first-order valence-corrected chi connectivity index (χ1v) is 8.23. The second kappa shape index (κ2) is 5.33. The zero-order valence-corrected chi connectivity index (χ0v) is 12.7. The predicted molar refractivity (Wildman–Crippen MR) is 78.2 cm³/mol. The summed E-state index contributed by atoms with van der Waals surface area (Å²) in [5.74, 6) is -0.683. The SMILES string of the molecule is CC(C)c1[nH]c(-c2ccc(S(C)(=O)=O)cc2)nc1C(=O)O. The first kappa shape index (κ1) is 15.2. The van der Waals surface area contributed by atoms with Crippen LogP contribution < -0.4 is 0 Å². The highest BCUT2D eigenvalue weighted by molar-refractivity contribution is 7.90. The lowest BCUT2D eigenvalue weighted by Crippen LogP contribution is -2.02. The summed E-state index contributed by atoms with van der Waals surface area (Å²) in [7, 11) is -3.26. The third-order valence-electron chi connectivity index (χ3n) is 3.07. The number of carbonyl (C=O) groups is 1. The lowest BCUT2D eigenvalue weighted by molar-refractivity contribution is 0.0689. The number of hydrogen-bond acceptors (Lipinski definition) is 4. The van der Waals surface area contributed by atoms with Crippen LogP contribution in [-0.2, 0) is 9.84 Å². The van der Waals surface area contributed by atoms with E-state index in [1.165, 1.54) is 12.1 Å². The summed E-state index contributed by atoms with van der Waals surface area (Å²) in [5, 5.41) is 9.16. The van der Waals surface area contributed by atoms with Crippen molar-refractivity contribution in [3.05, 3.63) is 35.7 Å². The Labute approximate surface area is 122 Å². The highest BCUT2D eigenvalue weighted by Crippen LogP contribution is 2.24. The maximum atomic E-state index is 11.4. The largest absolute Gasteiger partial charge is 0.476 e. The van der Waals surface area contributed by atoms with Crippen LogP contribution in [0, 0.1) is 0 Å². The summed E-state index contributed by atoms with van der Waals surface area (Å²) < 4.78 is 22.8. The molecular formula is C14H16N2O4S. The molecule has 0 fully saturated rings. The van der Waals surface area contributed by atoms with Gasteiger partial charge in [-0.1, -0.05) is 13.8 Å². The topological polar surface area (TPSA) is 100 Å². The van der Waals surface area contributed by atoms with Crippen molar-refractivity contribution in [3.63, 3.8) is 0 Å². The zero-order valence-electron chi connectivity index (χ0n) is 11.9. The summed E-state index contributed by atoms with van der Waals surface area (Å²) in [4.78, 5) is 18.5. The molecule has 1 heterocycles. The van der Waals surface area contributed by atoms with Crippen LogP contribution in [-0.4, -0.2) is 35.7 Å². The Morgan fingerprint density at radius 3 is 2.19 bits per heavy atom. The highest BCUT2D eigenvalue weighted by atomic mass is 32.2. The minimum atomic E-state index is -3.26. The summed E-state index contributed by atoms with van der Waals surface area (Å²) in [6, 6.07) is 6.15. The van der Waals surface area contributed by atoms with Crippen molar-refractivity contribution in [2.24, 2.45) is 0 Å². The summed E-state index contributed by atoms with van der Waals surface area (Å²) in [6.45, 7) is 3.74. The highest BCUT2D eigenvalue weighted by Gasteiger charge is 2.19. The molecule has 0 aliphatic rings. The molecule has 0 amide bonds. The molecule has 6 nitrogen and oxygen atoms in total. The van der Waals surface area contributed by atoms with E-state index in [0.29, 0.717) is 17.1 Å². The number of H-pyrrole nitrogens is 1. The predicted octanol–water partition coefficient (Wildman–Crippen LogP) is 2.30. The second-order valence-electron chi connectivity index (χ2n) is 5.10. The van der Waals surface area contributed by atoms with Crippen molar-refractivity contribution in [1.82, 2.24) is 9.97 Å². The van der Waals surface area contributed by atoms with Gasteiger partial charge in [0, 0.05) is 11.8 Å². The van der Waals surface area contributed by atoms with E-state index in [0.717, 1.165) is 6.26 Å². The van der Waals surface area contributed by atoms with Gasteiger partial charge in [-0.2, -0.15) is 0 Å². The molecule has 0 radical (unpaired) electrons. The van der Waals surface area contributed by atoms with Gasteiger partial charge in [-0.3, -0.25) is 0 Å². The number of carboxylic acids is 1. The third-order valence-corrected chi connectivity index (χ3v) is 4.20. The molecule has 0 atom stereocenters. The van der Waals surface area contributed by atoms with Gasteiger partial charge >= 0.3 is 5.97 Å². The zero-order chi connectivity index (χ0) is 15.8. The molecule has 21 heavy (non-hydrogen) atoms. The van der Waals surface area contributed by atoms with E-state index in [1.807, 2.05) is 13.8 Å². The van der Waals surface area contributed by atoms with E-state index in [9.17, 15) is 13.2 Å². The van der Waals surface area contributed by atoms with Gasteiger partial charge in [-0.05, 0) is 30.2 Å². The Bertz CT molecular complexity index is 774. The number of rotatable bonds is 4. The van der Waals surface area contributed by atoms with Gasteiger partial charge in [-0.15, -0.1) is 0 Å². The van der Waals surface area contributed by atoms with Gasteiger partial charge in [0.05, 0.1) is 10.6 Å². The minimum absolute atomic E-state index is 0.00681. The number of aromatic carboxylic acids is 1. The van der Waals surface area contributed by atoms with Crippen molar-refractivity contribution >= 4 is 15.8 Å². The molecule has 0 bridgehead atoms. The van der Waals surface area contributed by atoms with Crippen molar-refractivity contribution in [1.29, 1.82) is 0 Å². The van der Waals surface area contributed by atoms with Crippen molar-refractivity contribution < 1.29 is 18.3 Å². The van der Waals surface area contributed by atoms with Gasteiger partial charge < -0.3 is 10.1 Å². The molecule has 1 aromatic carbocycles. The molecule has 112 valence electrons. The fourth-order valence-corrected chi connectivity index (χ4v) is 2.59. The first-order valence-electron chi connectivity index (χ1n) is 6.34. The maximum absolute atomic E-state index is 11.4. The Morgan fingerprint density at radius 2 is 1.81 bits per heavy atom. The fraction of sp³-hybridized carbons (Fsp3) is 0.286. The van der Waals surface area contributed by atoms with Crippen LogP contribution in [0.1, 0.15) is 35.9 Å². The lowest BCUT2D eigenvalue weighted by Gasteiger charge is -2.02. The van der Waals surface area contributed by atoms with Crippen LogP contribution >= 0.6 is 0 Å². The summed E-state index contributed by atoms with van der Waals surface area (Å²) in [5.41, 5.74) is 1.17. The number of sulfone groups is 1. The van der Waals surface area contributed by atoms with Gasteiger partial charge in [0.2, 0.25) is 0 Å². The summed E-state index contributed by atoms with van der Waals surface area (Å²) in [6.07, 6.45) is 1.13. The first-order chi connectivity index (χ1) is 9.70. The van der Waals surface area contributed by atoms with Crippen LogP contribution in [0.3, 0.4) is 0 Å². The van der Waals surface area contributed by atoms with E-state index >= 15 is 0 Å². The molecular weight excluding hydrogens is 292 g/mol. The van der Waals surface area contributed by atoms with Crippen LogP contribution in [0.25, 0.3) is 11.4 Å². The fourth-order valence-electron chi connectivity index (χ4n) is 1.96. The van der Waals surface area contributed by atoms with Gasteiger partial charge in [-0.25, -0.2) is 18.2 Å². The van der Waals surface area contributed by atoms with Crippen molar-refractivity contribution in [2.75, 3.05) is 6.26 Å². The van der Waals surface area contributed by atoms with E-state index in [4.69, 9.17) is 5.11 Å². The smallest absolute Gasteiger partial charge is 0.356 e. The summed E-state index contributed by atoms with van der Waals surface area (Å²) >= 11 is 0. The molecule has 1 aromatic heterocycles. The monoisotopic (exact) mass is 308 g/mol. The minimum Gasteiger partial charge on any atom is -0.476 e. The number of carboxylic acid groups (broad SMARTS) is 1. The van der Waals surface area contributed by atoms with Crippen LogP contribution in [0.4, 0.5) is 0 Å². The standard InChI is InChI=1S/C14H16N2O4S/c1-8(2)11-12(14(17)18)16-13(15-11)9-4-6-10(7-5-9)21(3,19)20/h4-8H,1-3H3,(H,15,16)(H,17,18). The van der Waals surface area contributed by atoms with Gasteiger partial charge in [0.25, 0.3) is 0 Å². The Hall–Kier alpha value is -2.15. The molecule has 2 aromatic rings. The van der Waals surface area contributed by atoms with E-state index in [1.54, 1.807) is 12.1 Å². The van der Waals surface area contributed by atoms with E-state index < -0.39 is 15.8 Å². The van der Waals surface area contributed by atoms with E-state index in [2.05, 4.69) is 9.97 Å². The molecule has 7 heteroatoms. The maximum Gasteiger partial charge on any atom is 0.356 e. The van der Waals surface area contributed by atoms with Crippen LogP contribution in [0.2, 0.25) is 0 Å². The van der Waals surface area contributed by atoms with Gasteiger partial charge in [0.15, 0.2) is 15.5 Å². The molecule has 0 saturated heterocycles. The molecule has 2 rings (SSSR count). The molecule has 2 N–H and O–H groups in total. The molecule has 0 unspecified atom stereocenters. The Kier molecular flexibility index (Phi) is 3.87. The molecule has 0 aliphatic heterocycles. The van der Waals surface area contributed by atoms with Crippen molar-refractivity contribution in [2.45, 2.75) is 24.7 Å². The Balaban J connectivity index is 2.48. The molecule has 0 spiro atoms. The second-order valence-corrected chi connectivity index (χ2v) is 7.12. The van der Waals surface area contributed by atoms with Crippen LogP contribution in [0.15, 0.2) is 29.2 Å². The average Bonchev–Trinajstić information content (AvgIpc) is 2.83. The van der Waals surface area contributed by atoms with Gasteiger partial charge in [0.1, 0.15) is 5.82 Å². The quantitative estimate of drug-likeness (QED) is 0.902. The van der Waals surface area contributed by atoms with Crippen molar-refractivity contribution in [3.8, 4) is 11.4 Å². The number of aromatic amines is 1. The number of nitrogens with zero attached hydrogens (tertiary/aromatic N) is 1.